The molecule has 0 saturated carbocycles. The second-order valence-electron chi connectivity index (χ2n) is 4.69. The van der Waals surface area contributed by atoms with Crippen LogP contribution in [-0.2, 0) is 11.3 Å². The summed E-state index contributed by atoms with van der Waals surface area (Å²) in [6, 6.07) is 3.93. The van der Waals surface area contributed by atoms with Crippen LogP contribution in [0.1, 0.15) is 44.9 Å². The summed E-state index contributed by atoms with van der Waals surface area (Å²) in [6.07, 6.45) is -0.00881. The van der Waals surface area contributed by atoms with Crippen molar-refractivity contribution in [3.8, 4) is 5.88 Å². The highest BCUT2D eigenvalue weighted by atomic mass is 16.5. The van der Waals surface area contributed by atoms with Crippen molar-refractivity contribution < 1.29 is 9.47 Å². The van der Waals surface area contributed by atoms with Gasteiger partial charge in [0.25, 0.3) is 0 Å². The first kappa shape index (κ1) is 14.9. The van der Waals surface area contributed by atoms with Gasteiger partial charge < -0.3 is 15.2 Å². The molecule has 1 unspecified atom stereocenters. The van der Waals surface area contributed by atoms with E-state index in [9.17, 15) is 0 Å². The quantitative estimate of drug-likeness (QED) is 0.810. The van der Waals surface area contributed by atoms with E-state index in [-0.39, 0.29) is 6.10 Å². The Morgan fingerprint density at radius 3 is 2.56 bits per heavy atom. The van der Waals surface area contributed by atoms with Crippen LogP contribution in [0.25, 0.3) is 0 Å². The summed E-state index contributed by atoms with van der Waals surface area (Å²) in [7, 11) is 0. The first-order valence-electron chi connectivity index (χ1n) is 6.52. The van der Waals surface area contributed by atoms with Crippen LogP contribution in [0.15, 0.2) is 12.1 Å². The fourth-order valence-electron chi connectivity index (χ4n) is 1.58. The number of hydrogen-bond donors (Lipinski definition) is 1. The lowest BCUT2D eigenvalue weighted by Crippen LogP contribution is -2.20. The van der Waals surface area contributed by atoms with E-state index < -0.39 is 0 Å². The van der Waals surface area contributed by atoms with Crippen molar-refractivity contribution in [2.24, 2.45) is 5.73 Å². The Kier molecular flexibility index (Phi) is 6.09. The number of aromatic nitrogens is 1. The summed E-state index contributed by atoms with van der Waals surface area (Å²) >= 11 is 0. The van der Waals surface area contributed by atoms with Crippen molar-refractivity contribution in [2.45, 2.75) is 46.3 Å². The van der Waals surface area contributed by atoms with Gasteiger partial charge in [0.15, 0.2) is 0 Å². The number of hydrogen-bond acceptors (Lipinski definition) is 4. The highest BCUT2D eigenvalue weighted by Crippen LogP contribution is 2.19. The predicted octanol–water partition coefficient (Wildman–Crippen LogP) is 2.47. The summed E-state index contributed by atoms with van der Waals surface area (Å²) in [5.41, 5.74) is 7.75. The number of rotatable bonds is 7. The molecule has 1 atom stereocenters. The molecule has 4 nitrogen and oxygen atoms in total. The Morgan fingerprint density at radius 1 is 1.28 bits per heavy atom. The molecule has 0 radical (unpaired) electrons. The first-order chi connectivity index (χ1) is 8.56. The molecule has 1 heterocycles. The van der Waals surface area contributed by atoms with Crippen molar-refractivity contribution in [3.63, 3.8) is 0 Å². The van der Waals surface area contributed by atoms with Gasteiger partial charge in [-0.3, -0.25) is 0 Å². The average Bonchev–Trinajstić information content (AvgIpc) is 2.35. The van der Waals surface area contributed by atoms with Crippen LogP contribution in [0.5, 0.6) is 5.88 Å². The van der Waals surface area contributed by atoms with E-state index >= 15 is 0 Å². The molecule has 0 aliphatic rings. The van der Waals surface area contributed by atoms with Crippen molar-refractivity contribution in [1.29, 1.82) is 0 Å². The zero-order valence-corrected chi connectivity index (χ0v) is 11.8. The minimum Gasteiger partial charge on any atom is -0.472 e. The zero-order valence-electron chi connectivity index (χ0n) is 11.8. The minimum atomic E-state index is -0.00881. The van der Waals surface area contributed by atoms with Crippen molar-refractivity contribution in [2.75, 3.05) is 13.2 Å². The molecule has 0 aromatic carbocycles. The second-order valence-corrected chi connectivity index (χ2v) is 4.69. The van der Waals surface area contributed by atoms with Gasteiger partial charge in [-0.05, 0) is 31.4 Å². The third kappa shape index (κ3) is 4.63. The number of nitrogens with zero attached hydrogens (tertiary/aromatic N) is 1. The van der Waals surface area contributed by atoms with E-state index in [4.69, 9.17) is 15.2 Å². The van der Waals surface area contributed by atoms with E-state index in [0.29, 0.717) is 31.6 Å². The molecule has 4 heteroatoms. The molecule has 0 bridgehead atoms. The van der Waals surface area contributed by atoms with Gasteiger partial charge in [0, 0.05) is 24.9 Å². The fourth-order valence-corrected chi connectivity index (χ4v) is 1.58. The molecule has 0 spiro atoms. The third-order valence-electron chi connectivity index (χ3n) is 2.59. The molecule has 0 aliphatic heterocycles. The maximum atomic E-state index is 5.76. The van der Waals surface area contributed by atoms with Crippen molar-refractivity contribution in [1.82, 2.24) is 4.98 Å². The molecule has 18 heavy (non-hydrogen) atoms. The summed E-state index contributed by atoms with van der Waals surface area (Å²) in [4.78, 5) is 4.50. The topological polar surface area (TPSA) is 57.4 Å². The SMILES string of the molecule is CCOCC(C)Oc1cc(CN)cc(C(C)C)n1. The normalized spacial score (nSPS) is 12.8. The Morgan fingerprint density at radius 2 is 2.00 bits per heavy atom. The predicted molar refractivity (Wildman–Crippen MR) is 72.8 cm³/mol. The maximum Gasteiger partial charge on any atom is 0.214 e. The van der Waals surface area contributed by atoms with Gasteiger partial charge >= 0.3 is 0 Å². The molecule has 102 valence electrons. The summed E-state index contributed by atoms with van der Waals surface area (Å²) in [6.45, 7) is 9.92. The molecule has 2 N–H and O–H groups in total. The molecule has 0 amide bonds. The number of nitrogens with two attached hydrogens (primary N) is 1. The monoisotopic (exact) mass is 252 g/mol. The molecular weight excluding hydrogens is 228 g/mol. The smallest absolute Gasteiger partial charge is 0.214 e. The van der Waals surface area contributed by atoms with Crippen molar-refractivity contribution in [3.05, 3.63) is 23.4 Å². The van der Waals surface area contributed by atoms with Gasteiger partial charge in [-0.2, -0.15) is 0 Å². The van der Waals surface area contributed by atoms with E-state index in [2.05, 4.69) is 18.8 Å². The van der Waals surface area contributed by atoms with Crippen LogP contribution >= 0.6 is 0 Å². The van der Waals surface area contributed by atoms with Crippen LogP contribution in [0, 0.1) is 0 Å². The van der Waals surface area contributed by atoms with Gasteiger partial charge in [-0.15, -0.1) is 0 Å². The molecule has 0 fully saturated rings. The lowest BCUT2D eigenvalue weighted by molar-refractivity contribution is 0.0632. The van der Waals surface area contributed by atoms with E-state index in [0.717, 1.165) is 11.3 Å². The highest BCUT2D eigenvalue weighted by Gasteiger charge is 2.09. The average molecular weight is 252 g/mol. The standard InChI is InChI=1S/C14H24N2O2/c1-5-17-9-11(4)18-14-7-12(8-15)6-13(16-14)10(2)3/h6-7,10-11H,5,8-9,15H2,1-4H3. The van der Waals surface area contributed by atoms with Gasteiger partial charge in [-0.25, -0.2) is 4.98 Å². The second kappa shape index (κ2) is 7.34. The first-order valence-corrected chi connectivity index (χ1v) is 6.52. The van der Waals surface area contributed by atoms with Crippen LogP contribution in [0.2, 0.25) is 0 Å². The minimum absolute atomic E-state index is 0.00881. The largest absolute Gasteiger partial charge is 0.472 e. The van der Waals surface area contributed by atoms with Crippen LogP contribution in [0.4, 0.5) is 0 Å². The summed E-state index contributed by atoms with van der Waals surface area (Å²) in [5, 5.41) is 0. The van der Waals surface area contributed by atoms with E-state index in [1.807, 2.05) is 26.0 Å². The Balaban J connectivity index is 2.77. The summed E-state index contributed by atoms with van der Waals surface area (Å²) in [5.74, 6) is 0.995. The van der Waals surface area contributed by atoms with Gasteiger partial charge in [0.2, 0.25) is 5.88 Å². The lowest BCUT2D eigenvalue weighted by atomic mass is 10.1. The van der Waals surface area contributed by atoms with E-state index in [1.165, 1.54) is 0 Å². The van der Waals surface area contributed by atoms with Crippen molar-refractivity contribution >= 4 is 0 Å². The number of ether oxygens (including phenoxy) is 2. The van der Waals surface area contributed by atoms with Gasteiger partial charge in [0.05, 0.1) is 6.61 Å². The Bertz CT molecular complexity index is 367. The van der Waals surface area contributed by atoms with Gasteiger partial charge in [0.1, 0.15) is 6.10 Å². The Labute approximate surface area is 110 Å². The van der Waals surface area contributed by atoms with Crippen LogP contribution in [0.3, 0.4) is 0 Å². The molecule has 0 saturated heterocycles. The molecular formula is C14H24N2O2. The third-order valence-corrected chi connectivity index (χ3v) is 2.59. The molecule has 1 aromatic rings. The van der Waals surface area contributed by atoms with Gasteiger partial charge in [-0.1, -0.05) is 13.8 Å². The van der Waals surface area contributed by atoms with Crippen LogP contribution in [-0.4, -0.2) is 24.3 Å². The number of pyridine rings is 1. The van der Waals surface area contributed by atoms with Crippen LogP contribution < -0.4 is 10.5 Å². The molecule has 0 aliphatic carbocycles. The highest BCUT2D eigenvalue weighted by molar-refractivity contribution is 5.26. The zero-order chi connectivity index (χ0) is 13.5. The fraction of sp³-hybridized carbons (Fsp3) is 0.643. The molecule has 1 aromatic heterocycles. The summed E-state index contributed by atoms with van der Waals surface area (Å²) < 4.78 is 11.1. The Hall–Kier alpha value is -1.13. The molecule has 1 rings (SSSR count). The maximum absolute atomic E-state index is 5.76. The van der Waals surface area contributed by atoms with E-state index in [1.54, 1.807) is 0 Å². The lowest BCUT2D eigenvalue weighted by Gasteiger charge is -2.16.